The van der Waals surface area contributed by atoms with Gasteiger partial charge in [0.2, 0.25) is 11.7 Å². The Hall–Kier alpha value is -3.17. The first-order valence-electron chi connectivity index (χ1n) is 6.99. The minimum absolute atomic E-state index is 0.0714. The number of benzene rings is 1. The molecule has 0 aliphatic heterocycles. The third kappa shape index (κ3) is 3.67. The lowest BCUT2D eigenvalue weighted by molar-refractivity contribution is -0.137. The Balaban J connectivity index is 1.97. The largest absolute Gasteiger partial charge is 0.480 e. The molecule has 3 aromatic rings. The zero-order chi connectivity index (χ0) is 18.0. The summed E-state index contributed by atoms with van der Waals surface area (Å²) in [6, 6.07) is 4.67. The van der Waals surface area contributed by atoms with Crippen LogP contribution in [0, 0.1) is 0 Å². The Labute approximate surface area is 138 Å². The molecule has 0 fully saturated rings. The van der Waals surface area contributed by atoms with E-state index in [1.807, 2.05) is 0 Å². The summed E-state index contributed by atoms with van der Waals surface area (Å²) in [5.41, 5.74) is 0.437. The molecule has 0 saturated carbocycles. The minimum atomic E-state index is -4.40. The van der Waals surface area contributed by atoms with Gasteiger partial charge in [-0.2, -0.15) is 13.2 Å². The Morgan fingerprint density at radius 1 is 1.24 bits per heavy atom. The van der Waals surface area contributed by atoms with Crippen molar-refractivity contribution in [2.45, 2.75) is 12.6 Å². The summed E-state index contributed by atoms with van der Waals surface area (Å²) in [5, 5.41) is 3.56. The molecule has 0 amide bonds. The number of ether oxygens (including phenoxy) is 1. The van der Waals surface area contributed by atoms with Crippen LogP contribution in [0.4, 0.5) is 13.2 Å². The fraction of sp³-hybridized carbons (Fsp3) is 0.200. The second kappa shape index (κ2) is 6.38. The number of halogens is 3. The molecule has 25 heavy (non-hydrogen) atoms. The average molecular weight is 352 g/mol. The lowest BCUT2D eigenvalue weighted by atomic mass is 10.1. The quantitative estimate of drug-likeness (QED) is 0.775. The van der Waals surface area contributed by atoms with Gasteiger partial charge in [-0.25, -0.2) is 14.8 Å². The van der Waals surface area contributed by atoms with Crippen molar-refractivity contribution in [1.82, 2.24) is 20.1 Å². The predicted molar refractivity (Wildman–Crippen MR) is 79.0 cm³/mol. The Bertz CT molecular complexity index is 932. The van der Waals surface area contributed by atoms with Crippen LogP contribution >= 0.6 is 0 Å². The van der Waals surface area contributed by atoms with Gasteiger partial charge in [-0.15, -0.1) is 0 Å². The summed E-state index contributed by atoms with van der Waals surface area (Å²) in [5.74, 6) is -0.466. The zero-order valence-electron chi connectivity index (χ0n) is 12.8. The number of hydrogen-bond acceptors (Lipinski definition) is 6. The van der Waals surface area contributed by atoms with Gasteiger partial charge in [-0.05, 0) is 17.7 Å². The molecule has 2 aromatic heterocycles. The van der Waals surface area contributed by atoms with Crippen LogP contribution in [0.15, 0.2) is 39.8 Å². The van der Waals surface area contributed by atoms with Crippen molar-refractivity contribution in [2.75, 3.05) is 7.11 Å². The van der Waals surface area contributed by atoms with E-state index in [4.69, 9.17) is 4.74 Å². The molecule has 0 bridgehead atoms. The highest BCUT2D eigenvalue weighted by Crippen LogP contribution is 2.29. The topological polar surface area (TPSA) is 93.9 Å². The zero-order valence-corrected chi connectivity index (χ0v) is 12.8. The van der Waals surface area contributed by atoms with E-state index in [1.54, 1.807) is 0 Å². The highest BCUT2D eigenvalue weighted by atomic mass is 19.4. The maximum Gasteiger partial charge on any atom is 0.439 e. The molecule has 1 N–H and O–H groups in total. The summed E-state index contributed by atoms with van der Waals surface area (Å²) in [6.07, 6.45) is -2.91. The fourth-order valence-corrected chi connectivity index (χ4v) is 2.17. The fourth-order valence-electron chi connectivity index (χ4n) is 2.17. The number of aromatic amines is 1. The molecule has 0 radical (unpaired) electrons. The highest BCUT2D eigenvalue weighted by Gasteiger charge is 2.30. The summed E-state index contributed by atoms with van der Waals surface area (Å²) < 4.78 is 47.4. The Kier molecular flexibility index (Phi) is 4.26. The van der Waals surface area contributed by atoms with Crippen LogP contribution in [0.25, 0.3) is 11.5 Å². The maximum absolute atomic E-state index is 12.6. The van der Waals surface area contributed by atoms with Crippen molar-refractivity contribution in [3.63, 3.8) is 0 Å². The molecule has 0 spiro atoms. The molecule has 0 aliphatic carbocycles. The van der Waals surface area contributed by atoms with Gasteiger partial charge in [0.15, 0.2) is 0 Å². The maximum atomic E-state index is 12.6. The number of hydrogen-bond donors (Lipinski definition) is 1. The van der Waals surface area contributed by atoms with E-state index >= 15 is 0 Å². The van der Waals surface area contributed by atoms with Gasteiger partial charge in [0.25, 0.3) is 0 Å². The van der Waals surface area contributed by atoms with Crippen LogP contribution in [0.1, 0.15) is 16.8 Å². The third-order valence-electron chi connectivity index (χ3n) is 3.35. The monoisotopic (exact) mass is 352 g/mol. The van der Waals surface area contributed by atoms with Crippen LogP contribution in [0.5, 0.6) is 5.88 Å². The van der Waals surface area contributed by atoms with E-state index in [2.05, 4.69) is 24.6 Å². The first-order valence-corrected chi connectivity index (χ1v) is 6.99. The van der Waals surface area contributed by atoms with Gasteiger partial charge in [0.05, 0.1) is 24.6 Å². The summed E-state index contributed by atoms with van der Waals surface area (Å²) in [6.45, 7) is 0. The molecule has 0 atom stereocenters. The van der Waals surface area contributed by atoms with Crippen LogP contribution < -0.4 is 10.5 Å². The molecular weight excluding hydrogens is 341 g/mol. The normalized spacial score (nSPS) is 11.5. The number of nitrogens with one attached hydrogen (secondary N) is 1. The van der Waals surface area contributed by atoms with Gasteiger partial charge < -0.3 is 4.74 Å². The molecule has 1 aromatic carbocycles. The van der Waals surface area contributed by atoms with Gasteiger partial charge in [-0.3, -0.25) is 9.51 Å². The number of rotatable bonds is 4. The van der Waals surface area contributed by atoms with E-state index in [9.17, 15) is 18.0 Å². The molecule has 0 saturated heterocycles. The molecule has 2 heterocycles. The predicted octanol–water partition coefficient (Wildman–Crippen LogP) is 2.44. The summed E-state index contributed by atoms with van der Waals surface area (Å²) in [7, 11) is 1.41. The molecule has 130 valence electrons. The average Bonchev–Trinajstić information content (AvgIpc) is 3.00. The number of aromatic nitrogens is 4. The van der Waals surface area contributed by atoms with Gasteiger partial charge in [-0.1, -0.05) is 17.3 Å². The number of methoxy groups -OCH3 is 1. The summed E-state index contributed by atoms with van der Waals surface area (Å²) in [4.78, 5) is 21.8. The second-order valence-electron chi connectivity index (χ2n) is 5.02. The Morgan fingerprint density at radius 3 is 2.52 bits per heavy atom. The van der Waals surface area contributed by atoms with Crippen molar-refractivity contribution in [3.8, 4) is 17.4 Å². The lowest BCUT2D eigenvalue weighted by Gasteiger charge is -2.09. The molecule has 0 unspecified atom stereocenters. The first-order chi connectivity index (χ1) is 11.9. The van der Waals surface area contributed by atoms with E-state index in [-0.39, 0.29) is 23.8 Å². The lowest BCUT2D eigenvalue weighted by Crippen LogP contribution is -2.06. The number of nitrogens with zero attached hydrogens (tertiary/aromatic N) is 3. The number of H-pyrrole nitrogens is 1. The van der Waals surface area contributed by atoms with Crippen LogP contribution in [0.2, 0.25) is 0 Å². The van der Waals surface area contributed by atoms with Crippen molar-refractivity contribution in [2.24, 2.45) is 0 Å². The molecular formula is C15H11F3N4O3. The highest BCUT2D eigenvalue weighted by molar-refractivity contribution is 5.53. The molecule has 3 rings (SSSR count). The van der Waals surface area contributed by atoms with E-state index in [0.29, 0.717) is 11.3 Å². The third-order valence-corrected chi connectivity index (χ3v) is 3.35. The first kappa shape index (κ1) is 16.7. The second-order valence-corrected chi connectivity index (χ2v) is 5.02. The van der Waals surface area contributed by atoms with E-state index in [0.717, 1.165) is 12.1 Å². The van der Waals surface area contributed by atoms with E-state index in [1.165, 1.54) is 25.4 Å². The molecule has 0 aliphatic rings. The van der Waals surface area contributed by atoms with E-state index < -0.39 is 17.5 Å². The van der Waals surface area contributed by atoms with Gasteiger partial charge >= 0.3 is 11.9 Å². The number of alkyl halides is 3. The molecule has 10 heteroatoms. The van der Waals surface area contributed by atoms with Gasteiger partial charge in [0.1, 0.15) is 5.69 Å². The van der Waals surface area contributed by atoms with Crippen molar-refractivity contribution in [1.29, 1.82) is 0 Å². The standard InChI is InChI=1S/C15H11F3N4O3/c1-24-11-7-19-12(13-21-14(23)25-22-13)10(20-11)6-8-2-4-9(5-3-8)15(16,17)18/h2-5,7H,6H2,1H3,(H,21,22,23). The smallest absolute Gasteiger partial charge is 0.439 e. The van der Waals surface area contributed by atoms with Crippen LogP contribution in [-0.2, 0) is 12.6 Å². The molecule has 7 nitrogen and oxygen atoms in total. The SMILES string of the molecule is COc1cnc(-c2noc(=O)[nH]2)c(Cc2ccc(C(F)(F)F)cc2)n1. The van der Waals surface area contributed by atoms with Gasteiger partial charge in [0, 0.05) is 6.42 Å². The minimum Gasteiger partial charge on any atom is -0.480 e. The Morgan fingerprint density at radius 2 is 1.96 bits per heavy atom. The van der Waals surface area contributed by atoms with Crippen molar-refractivity contribution in [3.05, 3.63) is 57.8 Å². The van der Waals surface area contributed by atoms with Crippen LogP contribution in [0.3, 0.4) is 0 Å². The van der Waals surface area contributed by atoms with Crippen LogP contribution in [-0.4, -0.2) is 27.2 Å². The van der Waals surface area contributed by atoms with Crippen molar-refractivity contribution >= 4 is 0 Å². The summed E-state index contributed by atoms with van der Waals surface area (Å²) >= 11 is 0. The van der Waals surface area contributed by atoms with Crippen molar-refractivity contribution < 1.29 is 22.4 Å².